The summed E-state index contributed by atoms with van der Waals surface area (Å²) in [6, 6.07) is 0. The second kappa shape index (κ2) is 4.07. The summed E-state index contributed by atoms with van der Waals surface area (Å²) in [4.78, 5) is 0. The molecule has 1 aliphatic rings. The van der Waals surface area contributed by atoms with Crippen LogP contribution in [0, 0.1) is 5.92 Å². The molecule has 0 aliphatic heterocycles. The topological polar surface area (TPSA) is 18.5 Å². The van der Waals surface area contributed by atoms with Gasteiger partial charge in [-0.1, -0.05) is 13.3 Å². The van der Waals surface area contributed by atoms with Gasteiger partial charge in [0.15, 0.2) is 0 Å². The van der Waals surface area contributed by atoms with Gasteiger partial charge in [-0.25, -0.2) is 0 Å². The summed E-state index contributed by atoms with van der Waals surface area (Å²) in [5.41, 5.74) is 0. The average molecular weight is 158 g/mol. The smallest absolute Gasteiger partial charge is 0.0835 e. The van der Waals surface area contributed by atoms with Crippen molar-refractivity contribution >= 4 is 0 Å². The molecule has 2 heteroatoms. The van der Waals surface area contributed by atoms with E-state index < -0.39 is 0 Å². The molecule has 1 saturated carbocycles. The quantitative estimate of drug-likeness (QED) is 0.624. The Kier molecular flexibility index (Phi) is 3.34. The SMILES string of the molecule is CCC1C[C@H](OC)[C@@H](OC)C1. The van der Waals surface area contributed by atoms with Gasteiger partial charge in [-0.3, -0.25) is 0 Å². The van der Waals surface area contributed by atoms with Gasteiger partial charge in [-0.2, -0.15) is 0 Å². The summed E-state index contributed by atoms with van der Waals surface area (Å²) in [6.45, 7) is 2.23. The van der Waals surface area contributed by atoms with E-state index in [2.05, 4.69) is 6.92 Å². The van der Waals surface area contributed by atoms with Crippen LogP contribution in [-0.4, -0.2) is 26.4 Å². The second-order valence-electron chi connectivity index (χ2n) is 3.29. The first-order valence-electron chi connectivity index (χ1n) is 4.37. The molecule has 0 spiro atoms. The van der Waals surface area contributed by atoms with Crippen molar-refractivity contribution in [1.29, 1.82) is 0 Å². The van der Waals surface area contributed by atoms with E-state index in [9.17, 15) is 0 Å². The Labute approximate surface area is 68.9 Å². The minimum Gasteiger partial charge on any atom is -0.379 e. The normalized spacial score (nSPS) is 33.0. The van der Waals surface area contributed by atoms with Crippen molar-refractivity contribution in [1.82, 2.24) is 0 Å². The van der Waals surface area contributed by atoms with Crippen LogP contribution in [0.5, 0.6) is 0 Å². The van der Waals surface area contributed by atoms with Gasteiger partial charge in [0, 0.05) is 14.2 Å². The van der Waals surface area contributed by atoms with E-state index in [-0.39, 0.29) is 0 Å². The largest absolute Gasteiger partial charge is 0.379 e. The zero-order valence-electron chi connectivity index (χ0n) is 7.67. The minimum absolute atomic E-state index is 0.338. The molecule has 2 atom stereocenters. The zero-order chi connectivity index (χ0) is 8.27. The molecule has 0 saturated heterocycles. The first-order chi connectivity index (χ1) is 5.31. The van der Waals surface area contributed by atoms with Crippen molar-refractivity contribution in [3.63, 3.8) is 0 Å². The molecule has 0 aromatic carbocycles. The predicted molar refractivity (Wildman–Crippen MR) is 44.6 cm³/mol. The molecule has 0 unspecified atom stereocenters. The lowest BCUT2D eigenvalue weighted by Crippen LogP contribution is -2.23. The molecule has 1 fully saturated rings. The van der Waals surface area contributed by atoms with Crippen LogP contribution in [-0.2, 0) is 9.47 Å². The van der Waals surface area contributed by atoms with Crippen molar-refractivity contribution in [3.8, 4) is 0 Å². The molecule has 11 heavy (non-hydrogen) atoms. The van der Waals surface area contributed by atoms with E-state index in [1.807, 2.05) is 0 Å². The van der Waals surface area contributed by atoms with Crippen LogP contribution in [0.4, 0.5) is 0 Å². The van der Waals surface area contributed by atoms with Crippen LogP contribution in [0.25, 0.3) is 0 Å². The summed E-state index contributed by atoms with van der Waals surface area (Å²) in [5, 5.41) is 0. The second-order valence-corrected chi connectivity index (χ2v) is 3.29. The molecular formula is C9H18O2. The number of hydrogen-bond acceptors (Lipinski definition) is 2. The summed E-state index contributed by atoms with van der Waals surface area (Å²) >= 11 is 0. The molecule has 2 nitrogen and oxygen atoms in total. The lowest BCUT2D eigenvalue weighted by molar-refractivity contribution is -0.0157. The lowest BCUT2D eigenvalue weighted by Gasteiger charge is -2.15. The summed E-state index contributed by atoms with van der Waals surface area (Å²) in [6.07, 6.45) is 4.27. The van der Waals surface area contributed by atoms with Crippen molar-refractivity contribution in [3.05, 3.63) is 0 Å². The Morgan fingerprint density at radius 3 is 1.82 bits per heavy atom. The van der Waals surface area contributed by atoms with E-state index >= 15 is 0 Å². The highest BCUT2D eigenvalue weighted by Gasteiger charge is 2.33. The maximum atomic E-state index is 5.32. The van der Waals surface area contributed by atoms with Crippen molar-refractivity contribution in [2.24, 2.45) is 5.92 Å². The molecule has 1 aliphatic carbocycles. The number of hydrogen-bond donors (Lipinski definition) is 0. The maximum absolute atomic E-state index is 5.32. The van der Waals surface area contributed by atoms with Crippen LogP contribution < -0.4 is 0 Å². The maximum Gasteiger partial charge on any atom is 0.0835 e. The molecule has 1 rings (SSSR count). The highest BCUT2D eigenvalue weighted by molar-refractivity contribution is 4.84. The van der Waals surface area contributed by atoms with E-state index in [4.69, 9.17) is 9.47 Å². The fourth-order valence-electron chi connectivity index (χ4n) is 1.89. The standard InChI is InChI=1S/C9H18O2/c1-4-7-5-8(10-2)9(6-7)11-3/h7-9H,4-6H2,1-3H3/t8-,9-/m0/s1. The fraction of sp³-hybridized carbons (Fsp3) is 1.00. The lowest BCUT2D eigenvalue weighted by atomic mass is 10.1. The van der Waals surface area contributed by atoms with Gasteiger partial charge in [0.05, 0.1) is 12.2 Å². The number of methoxy groups -OCH3 is 2. The number of ether oxygens (including phenoxy) is 2. The Bertz CT molecular complexity index is 102. The van der Waals surface area contributed by atoms with Crippen LogP contribution >= 0.6 is 0 Å². The molecule has 0 aromatic rings. The Morgan fingerprint density at radius 2 is 1.55 bits per heavy atom. The first-order valence-corrected chi connectivity index (χ1v) is 4.37. The summed E-state index contributed by atoms with van der Waals surface area (Å²) in [7, 11) is 3.55. The number of rotatable bonds is 3. The minimum atomic E-state index is 0.338. The summed E-state index contributed by atoms with van der Waals surface area (Å²) in [5.74, 6) is 0.810. The van der Waals surface area contributed by atoms with Gasteiger partial charge in [0.2, 0.25) is 0 Å². The third-order valence-corrected chi connectivity index (χ3v) is 2.73. The van der Waals surface area contributed by atoms with E-state index in [0.29, 0.717) is 12.2 Å². The Balaban J connectivity index is 2.41. The van der Waals surface area contributed by atoms with E-state index in [0.717, 1.165) is 5.92 Å². The Morgan fingerprint density at radius 1 is 1.09 bits per heavy atom. The van der Waals surface area contributed by atoms with Crippen LogP contribution in [0.15, 0.2) is 0 Å². The highest BCUT2D eigenvalue weighted by atomic mass is 16.5. The molecular weight excluding hydrogens is 140 g/mol. The molecule has 0 bridgehead atoms. The third kappa shape index (κ3) is 1.94. The van der Waals surface area contributed by atoms with Gasteiger partial charge in [-0.15, -0.1) is 0 Å². The van der Waals surface area contributed by atoms with Crippen molar-refractivity contribution < 1.29 is 9.47 Å². The summed E-state index contributed by atoms with van der Waals surface area (Å²) < 4.78 is 10.6. The molecule has 66 valence electrons. The molecule has 0 N–H and O–H groups in total. The van der Waals surface area contributed by atoms with Crippen molar-refractivity contribution in [2.45, 2.75) is 38.4 Å². The van der Waals surface area contributed by atoms with Gasteiger partial charge in [0.1, 0.15) is 0 Å². The van der Waals surface area contributed by atoms with Gasteiger partial charge < -0.3 is 9.47 Å². The van der Waals surface area contributed by atoms with E-state index in [1.54, 1.807) is 14.2 Å². The predicted octanol–water partition coefficient (Wildman–Crippen LogP) is 1.84. The molecule has 0 aromatic heterocycles. The molecule has 0 heterocycles. The third-order valence-electron chi connectivity index (χ3n) is 2.73. The average Bonchev–Trinajstić information content (AvgIpc) is 2.46. The Hall–Kier alpha value is -0.0800. The molecule has 0 amide bonds. The highest BCUT2D eigenvalue weighted by Crippen LogP contribution is 2.31. The first kappa shape index (κ1) is 9.01. The van der Waals surface area contributed by atoms with Crippen LogP contribution in [0.3, 0.4) is 0 Å². The van der Waals surface area contributed by atoms with Gasteiger partial charge in [0.25, 0.3) is 0 Å². The molecule has 0 radical (unpaired) electrons. The van der Waals surface area contributed by atoms with Crippen molar-refractivity contribution in [2.75, 3.05) is 14.2 Å². The van der Waals surface area contributed by atoms with Gasteiger partial charge >= 0.3 is 0 Å². The van der Waals surface area contributed by atoms with Crippen LogP contribution in [0.1, 0.15) is 26.2 Å². The van der Waals surface area contributed by atoms with E-state index in [1.165, 1.54) is 19.3 Å². The monoisotopic (exact) mass is 158 g/mol. The zero-order valence-corrected chi connectivity index (χ0v) is 7.67. The van der Waals surface area contributed by atoms with Crippen LogP contribution in [0.2, 0.25) is 0 Å². The fourth-order valence-corrected chi connectivity index (χ4v) is 1.89. The van der Waals surface area contributed by atoms with Gasteiger partial charge in [-0.05, 0) is 18.8 Å².